The normalized spacial score (nSPS) is 15.8. The van der Waals surface area contributed by atoms with Crippen molar-refractivity contribution in [2.24, 2.45) is 13.0 Å². The van der Waals surface area contributed by atoms with E-state index in [4.69, 9.17) is 4.74 Å². The van der Waals surface area contributed by atoms with Crippen LogP contribution in [0.3, 0.4) is 0 Å². The smallest absolute Gasteiger partial charge is 0.309 e. The Hall–Kier alpha value is -2.77. The Morgan fingerprint density at radius 3 is 2.24 bits per heavy atom. The molecular formula is C20H26N4O7S2. The summed E-state index contributed by atoms with van der Waals surface area (Å²) in [7, 11) is -5.37. The number of aromatic nitrogens is 2. The first-order valence-corrected chi connectivity index (χ1v) is 13.5. The van der Waals surface area contributed by atoms with Gasteiger partial charge in [0.1, 0.15) is 5.82 Å². The molecule has 1 aliphatic rings. The van der Waals surface area contributed by atoms with Gasteiger partial charge in [-0.2, -0.15) is 4.31 Å². The fraction of sp³-hybridized carbons (Fsp3) is 0.450. The van der Waals surface area contributed by atoms with Crippen LogP contribution >= 0.6 is 0 Å². The lowest BCUT2D eigenvalue weighted by Crippen LogP contribution is -2.41. The third-order valence-corrected chi connectivity index (χ3v) is 8.29. The number of hydrogen-bond donors (Lipinski definition) is 1. The van der Waals surface area contributed by atoms with Gasteiger partial charge in [0.25, 0.3) is 15.9 Å². The summed E-state index contributed by atoms with van der Waals surface area (Å²) in [6, 6.07) is 5.61. The summed E-state index contributed by atoms with van der Waals surface area (Å²) in [5.41, 5.74) is 0.367. The predicted octanol–water partition coefficient (Wildman–Crippen LogP) is 0.715. The highest BCUT2D eigenvalue weighted by atomic mass is 32.2. The fourth-order valence-electron chi connectivity index (χ4n) is 3.35. The van der Waals surface area contributed by atoms with Crippen molar-refractivity contribution in [2.75, 3.05) is 31.3 Å². The van der Waals surface area contributed by atoms with Gasteiger partial charge in [-0.15, -0.1) is 0 Å². The number of esters is 1. The molecule has 0 bridgehead atoms. The molecule has 1 aromatic heterocycles. The second-order valence-electron chi connectivity index (χ2n) is 7.87. The minimum Gasteiger partial charge on any atom is -0.455 e. The Balaban J connectivity index is 1.47. The van der Waals surface area contributed by atoms with Crippen LogP contribution in [0.25, 0.3) is 0 Å². The van der Waals surface area contributed by atoms with Gasteiger partial charge in [0.05, 0.1) is 10.8 Å². The van der Waals surface area contributed by atoms with Gasteiger partial charge in [0.2, 0.25) is 0 Å². The van der Waals surface area contributed by atoms with Gasteiger partial charge >= 0.3 is 5.97 Å². The Bertz CT molecular complexity index is 1220. The minimum atomic E-state index is -3.74. The van der Waals surface area contributed by atoms with E-state index in [2.05, 4.69) is 10.3 Å². The minimum absolute atomic E-state index is 0.0234. The van der Waals surface area contributed by atoms with Gasteiger partial charge in [-0.3, -0.25) is 9.59 Å². The molecule has 1 aromatic carbocycles. The van der Waals surface area contributed by atoms with Gasteiger partial charge in [-0.05, 0) is 44.0 Å². The van der Waals surface area contributed by atoms with Crippen LogP contribution in [0.4, 0.5) is 5.69 Å². The van der Waals surface area contributed by atoms with Gasteiger partial charge in [-0.25, -0.2) is 21.8 Å². The third kappa shape index (κ3) is 5.97. The van der Waals surface area contributed by atoms with Crippen molar-refractivity contribution < 1.29 is 31.2 Å². The molecule has 0 spiro atoms. The number of aryl methyl sites for hydroxylation is 2. The highest BCUT2D eigenvalue weighted by Crippen LogP contribution is 2.24. The van der Waals surface area contributed by atoms with Crippen LogP contribution in [0.15, 0.2) is 40.4 Å². The second-order valence-corrected chi connectivity index (χ2v) is 11.8. The summed E-state index contributed by atoms with van der Waals surface area (Å²) in [4.78, 5) is 28.6. The molecule has 1 N–H and O–H groups in total. The van der Waals surface area contributed by atoms with Crippen LogP contribution in [0.2, 0.25) is 0 Å². The number of anilines is 1. The molecule has 180 valence electrons. The molecule has 0 saturated carbocycles. The van der Waals surface area contributed by atoms with Gasteiger partial charge in [0.15, 0.2) is 21.5 Å². The van der Waals surface area contributed by atoms with E-state index in [-0.39, 0.29) is 35.9 Å². The molecule has 3 rings (SSSR count). The molecule has 0 atom stereocenters. The Morgan fingerprint density at radius 1 is 1.12 bits per heavy atom. The number of sulfone groups is 1. The van der Waals surface area contributed by atoms with Crippen molar-refractivity contribution in [3.63, 3.8) is 0 Å². The molecule has 1 fully saturated rings. The van der Waals surface area contributed by atoms with Gasteiger partial charge in [0, 0.05) is 38.3 Å². The van der Waals surface area contributed by atoms with E-state index in [9.17, 15) is 26.4 Å². The molecule has 2 aromatic rings. The number of benzene rings is 1. The molecule has 0 aliphatic carbocycles. The number of sulfonamides is 1. The third-order valence-electron chi connectivity index (χ3n) is 5.39. The van der Waals surface area contributed by atoms with Crippen molar-refractivity contribution >= 4 is 37.4 Å². The van der Waals surface area contributed by atoms with Gasteiger partial charge in [-0.1, -0.05) is 0 Å². The summed E-state index contributed by atoms with van der Waals surface area (Å²) in [5.74, 6) is -1.07. The largest absolute Gasteiger partial charge is 0.455 e. The lowest BCUT2D eigenvalue weighted by molar-refractivity contribution is -0.152. The highest BCUT2D eigenvalue weighted by Gasteiger charge is 2.34. The first-order chi connectivity index (χ1) is 15.4. The zero-order valence-corrected chi connectivity index (χ0v) is 20.1. The van der Waals surface area contributed by atoms with Crippen molar-refractivity contribution in [3.05, 3.63) is 36.3 Å². The summed E-state index contributed by atoms with van der Waals surface area (Å²) >= 11 is 0. The number of carbonyl (C=O) groups is 2. The van der Waals surface area contributed by atoms with Crippen LogP contribution in [0.1, 0.15) is 18.7 Å². The number of carbonyl (C=O) groups excluding carboxylic acids is 2. The van der Waals surface area contributed by atoms with Gasteiger partial charge < -0.3 is 14.6 Å². The molecule has 33 heavy (non-hydrogen) atoms. The predicted molar refractivity (Wildman–Crippen MR) is 119 cm³/mol. The molecule has 2 heterocycles. The topological polar surface area (TPSA) is 145 Å². The number of hydrogen-bond acceptors (Lipinski definition) is 8. The van der Waals surface area contributed by atoms with Crippen LogP contribution in [0, 0.1) is 12.8 Å². The quantitative estimate of drug-likeness (QED) is 0.550. The number of piperidine rings is 1. The monoisotopic (exact) mass is 498 g/mol. The molecule has 0 radical (unpaired) electrons. The van der Waals surface area contributed by atoms with E-state index in [1.165, 1.54) is 34.8 Å². The fourth-order valence-corrected chi connectivity index (χ4v) is 5.48. The maximum Gasteiger partial charge on any atom is 0.309 e. The molecule has 1 amide bonds. The Labute approximate surface area is 192 Å². The average molecular weight is 499 g/mol. The Morgan fingerprint density at radius 2 is 1.73 bits per heavy atom. The summed E-state index contributed by atoms with van der Waals surface area (Å²) in [5, 5.41) is 2.50. The van der Waals surface area contributed by atoms with E-state index in [0.29, 0.717) is 11.5 Å². The summed E-state index contributed by atoms with van der Waals surface area (Å²) in [6.07, 6.45) is 3.09. The molecule has 1 aliphatic heterocycles. The van der Waals surface area contributed by atoms with Crippen LogP contribution in [0.5, 0.6) is 0 Å². The first-order valence-electron chi connectivity index (χ1n) is 10.1. The number of nitrogens with zero attached hydrogens (tertiary/aromatic N) is 3. The van der Waals surface area contributed by atoms with E-state index in [0.717, 1.165) is 6.26 Å². The number of ether oxygens (including phenoxy) is 1. The standard InChI is InChI=1S/C20H26N4O7S2/c1-14-21-19(12-23(14)2)33(29,30)24-10-8-15(9-11-24)20(26)31-13-18(25)22-16-4-6-17(7-5-16)32(3,27)28/h4-7,12,15H,8-11,13H2,1-3H3,(H,22,25). The Kier molecular flexibility index (Phi) is 7.24. The van der Waals surface area contributed by atoms with E-state index in [1.807, 2.05) is 0 Å². The molecule has 1 saturated heterocycles. The molecular weight excluding hydrogens is 472 g/mol. The lowest BCUT2D eigenvalue weighted by atomic mass is 9.98. The summed E-state index contributed by atoms with van der Waals surface area (Å²) < 4.78 is 56.4. The zero-order chi connectivity index (χ0) is 24.4. The van der Waals surface area contributed by atoms with Crippen molar-refractivity contribution in [3.8, 4) is 0 Å². The molecule has 13 heteroatoms. The number of nitrogens with one attached hydrogen (secondary N) is 1. The van der Waals surface area contributed by atoms with Crippen molar-refractivity contribution in [2.45, 2.75) is 29.7 Å². The maximum atomic E-state index is 12.7. The van der Waals surface area contributed by atoms with Crippen LogP contribution < -0.4 is 5.32 Å². The lowest BCUT2D eigenvalue weighted by Gasteiger charge is -2.29. The first kappa shape index (κ1) is 24.9. The van der Waals surface area contributed by atoms with Crippen LogP contribution in [-0.2, 0) is 41.2 Å². The molecule has 0 unspecified atom stereocenters. The van der Waals surface area contributed by atoms with E-state index in [1.54, 1.807) is 18.5 Å². The second kappa shape index (κ2) is 9.61. The van der Waals surface area contributed by atoms with Crippen molar-refractivity contribution in [1.29, 1.82) is 0 Å². The van der Waals surface area contributed by atoms with E-state index >= 15 is 0 Å². The van der Waals surface area contributed by atoms with Crippen LogP contribution in [-0.4, -0.2) is 68.5 Å². The highest BCUT2D eigenvalue weighted by molar-refractivity contribution is 7.90. The SMILES string of the molecule is Cc1nc(S(=O)(=O)N2CCC(C(=O)OCC(=O)Nc3ccc(S(C)(=O)=O)cc3)CC2)cn1C. The maximum absolute atomic E-state index is 12.7. The van der Waals surface area contributed by atoms with E-state index < -0.39 is 44.3 Å². The van der Waals surface area contributed by atoms with Crippen molar-refractivity contribution in [1.82, 2.24) is 13.9 Å². The summed E-state index contributed by atoms with van der Waals surface area (Å²) in [6.45, 7) is 1.51. The number of rotatable bonds is 7. The average Bonchev–Trinajstić information content (AvgIpc) is 3.11. The number of imidazole rings is 1. The molecule has 11 nitrogen and oxygen atoms in total. The number of amides is 1. The zero-order valence-electron chi connectivity index (χ0n) is 18.5.